The van der Waals surface area contributed by atoms with Crippen LogP contribution in [0.4, 0.5) is 5.69 Å². The van der Waals surface area contributed by atoms with E-state index < -0.39 is 0 Å². The number of nitrogens with two attached hydrogens (primary N) is 1. The van der Waals surface area contributed by atoms with Crippen LogP contribution in [0.25, 0.3) is 0 Å². The Kier molecular flexibility index (Phi) is 4.12. The number of rotatable bonds is 3. The minimum absolute atomic E-state index is 0.423. The number of hydrogen-bond acceptors (Lipinski definition) is 2. The topological polar surface area (TPSA) is 35.2 Å². The number of hydrogen-bond donors (Lipinski definition) is 1. The highest BCUT2D eigenvalue weighted by atomic mass is 127. The van der Waals surface area contributed by atoms with E-state index >= 15 is 0 Å². The van der Waals surface area contributed by atoms with E-state index in [4.69, 9.17) is 22.1 Å². The Hall–Kier alpha value is -0.940. The van der Waals surface area contributed by atoms with Gasteiger partial charge in [0.05, 0.1) is 3.57 Å². The van der Waals surface area contributed by atoms with Crippen molar-refractivity contribution in [2.24, 2.45) is 0 Å². The van der Waals surface area contributed by atoms with Crippen LogP contribution in [0.15, 0.2) is 42.5 Å². The molecule has 0 fully saturated rings. The zero-order valence-electron chi connectivity index (χ0n) is 8.99. The van der Waals surface area contributed by atoms with Crippen molar-refractivity contribution in [3.63, 3.8) is 0 Å². The van der Waals surface area contributed by atoms with E-state index in [-0.39, 0.29) is 0 Å². The molecule has 2 nitrogen and oxygen atoms in total. The van der Waals surface area contributed by atoms with Gasteiger partial charge in [-0.05, 0) is 52.9 Å². The lowest BCUT2D eigenvalue weighted by molar-refractivity contribution is 0.304. The van der Waals surface area contributed by atoms with Gasteiger partial charge in [0.25, 0.3) is 0 Å². The molecule has 2 aromatic carbocycles. The maximum atomic E-state index is 5.92. The van der Waals surface area contributed by atoms with Crippen LogP contribution in [-0.2, 0) is 6.61 Å². The smallest absolute Gasteiger partial charge is 0.133 e. The van der Waals surface area contributed by atoms with E-state index in [0.29, 0.717) is 17.3 Å². The molecule has 0 amide bonds. The summed E-state index contributed by atoms with van der Waals surface area (Å²) in [7, 11) is 0. The molecule has 0 unspecified atom stereocenters. The molecule has 0 atom stereocenters. The summed E-state index contributed by atoms with van der Waals surface area (Å²) in [5.41, 5.74) is 7.45. The molecule has 0 saturated heterocycles. The molecule has 0 aliphatic heterocycles. The van der Waals surface area contributed by atoms with Gasteiger partial charge >= 0.3 is 0 Å². The van der Waals surface area contributed by atoms with Crippen LogP contribution in [-0.4, -0.2) is 0 Å². The van der Waals surface area contributed by atoms with Crippen LogP contribution < -0.4 is 10.5 Å². The van der Waals surface area contributed by atoms with Gasteiger partial charge in [0.2, 0.25) is 0 Å². The molecular formula is C13H11ClINO. The number of anilines is 1. The lowest BCUT2D eigenvalue weighted by atomic mass is 10.2. The Bertz CT molecular complexity index is 531. The van der Waals surface area contributed by atoms with Gasteiger partial charge in [-0.3, -0.25) is 0 Å². The maximum absolute atomic E-state index is 5.92. The predicted molar refractivity (Wildman–Crippen MR) is 79.4 cm³/mol. The van der Waals surface area contributed by atoms with Gasteiger partial charge in [0.1, 0.15) is 12.4 Å². The summed E-state index contributed by atoms with van der Waals surface area (Å²) in [6.07, 6.45) is 0. The van der Waals surface area contributed by atoms with Gasteiger partial charge in [-0.15, -0.1) is 0 Å². The maximum Gasteiger partial charge on any atom is 0.133 e. The molecule has 4 heteroatoms. The molecular weight excluding hydrogens is 349 g/mol. The predicted octanol–water partition coefficient (Wildman–Crippen LogP) is 4.11. The van der Waals surface area contributed by atoms with E-state index in [1.165, 1.54) is 0 Å². The zero-order chi connectivity index (χ0) is 12.3. The largest absolute Gasteiger partial charge is 0.488 e. The van der Waals surface area contributed by atoms with Crippen LogP contribution in [0.3, 0.4) is 0 Å². The van der Waals surface area contributed by atoms with Crippen molar-refractivity contribution in [3.8, 4) is 5.75 Å². The number of nitrogen functional groups attached to an aromatic ring is 1. The summed E-state index contributed by atoms with van der Waals surface area (Å²) in [5.74, 6) is 0.854. The first-order valence-electron chi connectivity index (χ1n) is 5.08. The molecule has 0 bridgehead atoms. The highest BCUT2D eigenvalue weighted by molar-refractivity contribution is 14.1. The Morgan fingerprint density at radius 1 is 1.18 bits per heavy atom. The zero-order valence-corrected chi connectivity index (χ0v) is 11.9. The molecule has 17 heavy (non-hydrogen) atoms. The van der Waals surface area contributed by atoms with Crippen LogP contribution >= 0.6 is 34.2 Å². The van der Waals surface area contributed by atoms with E-state index in [1.54, 1.807) is 12.1 Å². The number of ether oxygens (including phenoxy) is 1. The van der Waals surface area contributed by atoms with Crippen molar-refractivity contribution in [2.75, 3.05) is 5.73 Å². The van der Waals surface area contributed by atoms with Crippen LogP contribution in [0.2, 0.25) is 5.02 Å². The fourth-order valence-electron chi connectivity index (χ4n) is 1.42. The first kappa shape index (κ1) is 12.5. The van der Waals surface area contributed by atoms with Crippen LogP contribution in [0.1, 0.15) is 5.56 Å². The summed E-state index contributed by atoms with van der Waals surface area (Å²) in [4.78, 5) is 0. The van der Waals surface area contributed by atoms with Crippen molar-refractivity contribution in [1.82, 2.24) is 0 Å². The molecule has 0 spiro atoms. The third-order valence-electron chi connectivity index (χ3n) is 2.32. The summed E-state index contributed by atoms with van der Waals surface area (Å²) in [5, 5.41) is 0.667. The van der Waals surface area contributed by atoms with E-state index in [1.807, 2.05) is 30.3 Å². The van der Waals surface area contributed by atoms with Crippen molar-refractivity contribution in [3.05, 3.63) is 56.6 Å². The average molecular weight is 360 g/mol. The summed E-state index contributed by atoms with van der Waals surface area (Å²) >= 11 is 8.15. The molecule has 0 saturated carbocycles. The molecule has 0 heterocycles. The highest BCUT2D eigenvalue weighted by Crippen LogP contribution is 2.23. The second-order valence-corrected chi connectivity index (χ2v) is 5.16. The quantitative estimate of drug-likeness (QED) is 0.661. The average Bonchev–Trinajstić information content (AvgIpc) is 2.32. The molecule has 0 radical (unpaired) electrons. The lowest BCUT2D eigenvalue weighted by Gasteiger charge is -2.10. The van der Waals surface area contributed by atoms with Gasteiger partial charge in [0.15, 0.2) is 0 Å². The second kappa shape index (κ2) is 5.60. The van der Waals surface area contributed by atoms with Crippen molar-refractivity contribution in [1.29, 1.82) is 0 Å². The second-order valence-electron chi connectivity index (χ2n) is 3.56. The Labute approximate surface area is 119 Å². The van der Waals surface area contributed by atoms with E-state index in [0.717, 1.165) is 14.9 Å². The third-order valence-corrected chi connectivity index (χ3v) is 3.45. The van der Waals surface area contributed by atoms with Crippen molar-refractivity contribution in [2.45, 2.75) is 6.61 Å². The Balaban J connectivity index is 2.12. The van der Waals surface area contributed by atoms with Gasteiger partial charge < -0.3 is 10.5 Å². The summed E-state index contributed by atoms with van der Waals surface area (Å²) < 4.78 is 6.79. The fourth-order valence-corrected chi connectivity index (χ4v) is 2.15. The Morgan fingerprint density at radius 2 is 1.94 bits per heavy atom. The summed E-state index contributed by atoms with van der Waals surface area (Å²) in [6.45, 7) is 0.423. The highest BCUT2D eigenvalue weighted by Gasteiger charge is 2.03. The Morgan fingerprint density at radius 3 is 2.71 bits per heavy atom. The van der Waals surface area contributed by atoms with Gasteiger partial charge in [-0.25, -0.2) is 0 Å². The number of benzene rings is 2. The molecule has 2 rings (SSSR count). The van der Waals surface area contributed by atoms with Crippen molar-refractivity contribution >= 4 is 39.9 Å². The van der Waals surface area contributed by atoms with E-state index in [9.17, 15) is 0 Å². The summed E-state index contributed by atoms with van der Waals surface area (Å²) in [6, 6.07) is 13.2. The fraction of sp³-hybridized carbons (Fsp3) is 0.0769. The molecule has 0 aliphatic carbocycles. The van der Waals surface area contributed by atoms with E-state index in [2.05, 4.69) is 22.6 Å². The number of para-hydroxylation sites is 1. The number of halogens is 2. The van der Waals surface area contributed by atoms with Gasteiger partial charge in [-0.1, -0.05) is 23.7 Å². The van der Waals surface area contributed by atoms with Crippen LogP contribution in [0, 0.1) is 3.57 Å². The standard InChI is InChI=1S/C13H11ClINO/c14-10-5-6-12(16)9(7-10)8-17-13-4-2-1-3-11(13)15/h1-7H,8,16H2. The van der Waals surface area contributed by atoms with Crippen LogP contribution in [0.5, 0.6) is 5.75 Å². The monoisotopic (exact) mass is 359 g/mol. The molecule has 88 valence electrons. The molecule has 2 N–H and O–H groups in total. The molecule has 0 aromatic heterocycles. The lowest BCUT2D eigenvalue weighted by Crippen LogP contribution is -2.01. The third kappa shape index (κ3) is 3.26. The van der Waals surface area contributed by atoms with Gasteiger partial charge in [0, 0.05) is 16.3 Å². The normalized spacial score (nSPS) is 10.2. The molecule has 2 aromatic rings. The first-order valence-corrected chi connectivity index (χ1v) is 6.54. The minimum Gasteiger partial charge on any atom is -0.488 e. The van der Waals surface area contributed by atoms with Crippen molar-refractivity contribution < 1.29 is 4.74 Å². The molecule has 0 aliphatic rings. The minimum atomic E-state index is 0.423. The first-order chi connectivity index (χ1) is 8.16. The SMILES string of the molecule is Nc1ccc(Cl)cc1COc1ccccc1I. The van der Waals surface area contributed by atoms with Gasteiger partial charge in [-0.2, -0.15) is 0 Å².